The van der Waals surface area contributed by atoms with Crippen molar-refractivity contribution < 1.29 is 9.18 Å². The van der Waals surface area contributed by atoms with Crippen LogP contribution in [0.2, 0.25) is 0 Å². The van der Waals surface area contributed by atoms with Gasteiger partial charge in [0.05, 0.1) is 0 Å². The zero-order valence-corrected chi connectivity index (χ0v) is 11.1. The van der Waals surface area contributed by atoms with Gasteiger partial charge in [0.1, 0.15) is 5.82 Å². The van der Waals surface area contributed by atoms with Crippen LogP contribution in [0.25, 0.3) is 10.9 Å². The highest BCUT2D eigenvalue weighted by atomic mass is 19.1. The lowest BCUT2D eigenvalue weighted by molar-refractivity contribution is 0.0994. The molecule has 2 aromatic carbocycles. The molecule has 1 aromatic heterocycles. The summed E-state index contributed by atoms with van der Waals surface area (Å²) in [7, 11) is 0. The van der Waals surface area contributed by atoms with Gasteiger partial charge in [-0.3, -0.25) is 4.79 Å². The Morgan fingerprint density at radius 1 is 1.15 bits per heavy atom. The first-order valence-electron chi connectivity index (χ1n) is 6.49. The van der Waals surface area contributed by atoms with Crippen LogP contribution in [-0.4, -0.2) is 10.8 Å². The molecule has 3 aromatic rings. The summed E-state index contributed by atoms with van der Waals surface area (Å²) in [6.45, 7) is 2.01. The fraction of sp³-hybridized carbons (Fsp3) is 0.118. The van der Waals surface area contributed by atoms with E-state index in [0.29, 0.717) is 17.5 Å². The predicted molar refractivity (Wildman–Crippen MR) is 77.5 cm³/mol. The van der Waals surface area contributed by atoms with Crippen molar-refractivity contribution in [3.63, 3.8) is 0 Å². The molecule has 0 aliphatic heterocycles. The fourth-order valence-electron chi connectivity index (χ4n) is 2.32. The van der Waals surface area contributed by atoms with Gasteiger partial charge >= 0.3 is 0 Å². The Balaban J connectivity index is 1.91. The Morgan fingerprint density at radius 2 is 1.90 bits per heavy atom. The number of ketones is 1. The molecule has 100 valence electrons. The lowest BCUT2D eigenvalue weighted by Crippen LogP contribution is -2.02. The Hall–Kier alpha value is -2.42. The molecule has 0 radical (unpaired) electrons. The summed E-state index contributed by atoms with van der Waals surface area (Å²) >= 11 is 0. The van der Waals surface area contributed by atoms with Gasteiger partial charge in [0.2, 0.25) is 0 Å². The molecule has 0 atom stereocenters. The van der Waals surface area contributed by atoms with E-state index in [0.717, 1.165) is 10.9 Å². The maximum absolute atomic E-state index is 13.1. The van der Waals surface area contributed by atoms with E-state index >= 15 is 0 Å². The van der Waals surface area contributed by atoms with Gasteiger partial charge in [-0.25, -0.2) is 4.39 Å². The number of benzene rings is 2. The van der Waals surface area contributed by atoms with Crippen LogP contribution < -0.4 is 0 Å². The number of fused-ring (bicyclic) bond motifs is 1. The monoisotopic (exact) mass is 267 g/mol. The van der Waals surface area contributed by atoms with Crippen molar-refractivity contribution in [2.75, 3.05) is 0 Å². The minimum atomic E-state index is -0.308. The normalized spacial score (nSPS) is 10.9. The molecule has 0 aliphatic carbocycles. The second kappa shape index (κ2) is 4.93. The maximum Gasteiger partial charge on any atom is 0.169 e. The van der Waals surface area contributed by atoms with Crippen molar-refractivity contribution in [1.29, 1.82) is 0 Å². The quantitative estimate of drug-likeness (QED) is 0.714. The predicted octanol–water partition coefficient (Wildman–Crippen LogP) is 4.04. The first kappa shape index (κ1) is 12.6. The molecule has 3 heteroatoms. The molecule has 0 saturated heterocycles. The van der Waals surface area contributed by atoms with Gasteiger partial charge in [-0.1, -0.05) is 29.8 Å². The summed E-state index contributed by atoms with van der Waals surface area (Å²) < 4.78 is 13.1. The highest BCUT2D eigenvalue weighted by Gasteiger charge is 2.13. The number of Topliss-reactive ketones (excluding diaryl/α,β-unsaturated/α-hetero) is 1. The molecule has 20 heavy (non-hydrogen) atoms. The number of aryl methyl sites for hydroxylation is 1. The first-order chi connectivity index (χ1) is 9.63. The highest BCUT2D eigenvalue weighted by Crippen LogP contribution is 2.21. The standard InChI is InChI=1S/C17H14FNO/c1-11-2-4-12(5-3-11)8-17(20)15-10-19-16-9-13(18)6-7-14(15)16/h2-7,9-10,19H,8H2,1H3. The van der Waals surface area contributed by atoms with E-state index in [4.69, 9.17) is 0 Å². The minimum Gasteiger partial charge on any atom is -0.360 e. The molecule has 0 amide bonds. The third-order valence-electron chi connectivity index (χ3n) is 3.43. The largest absolute Gasteiger partial charge is 0.360 e. The van der Waals surface area contributed by atoms with Crippen LogP contribution in [0.5, 0.6) is 0 Å². The van der Waals surface area contributed by atoms with E-state index in [-0.39, 0.29) is 11.6 Å². The summed E-state index contributed by atoms with van der Waals surface area (Å²) in [5.74, 6) is -0.274. The summed E-state index contributed by atoms with van der Waals surface area (Å²) in [5, 5.41) is 0.767. The van der Waals surface area contributed by atoms with E-state index in [2.05, 4.69) is 4.98 Å². The molecule has 0 bridgehead atoms. The van der Waals surface area contributed by atoms with Crippen LogP contribution in [0.4, 0.5) is 4.39 Å². The number of halogens is 1. The van der Waals surface area contributed by atoms with E-state index in [1.165, 1.54) is 17.7 Å². The number of aromatic nitrogens is 1. The van der Waals surface area contributed by atoms with Crippen LogP contribution in [-0.2, 0) is 6.42 Å². The number of hydrogen-bond acceptors (Lipinski definition) is 1. The molecule has 0 spiro atoms. The number of carbonyl (C=O) groups is 1. The van der Waals surface area contributed by atoms with Crippen LogP contribution in [0.3, 0.4) is 0 Å². The van der Waals surface area contributed by atoms with Crippen LogP contribution in [0.15, 0.2) is 48.7 Å². The summed E-state index contributed by atoms with van der Waals surface area (Å²) in [6, 6.07) is 12.3. The Morgan fingerprint density at radius 3 is 2.65 bits per heavy atom. The van der Waals surface area contributed by atoms with Crippen LogP contribution in [0.1, 0.15) is 21.5 Å². The average Bonchev–Trinajstić information content (AvgIpc) is 2.84. The van der Waals surface area contributed by atoms with E-state index in [1.54, 1.807) is 12.3 Å². The van der Waals surface area contributed by atoms with Crippen molar-refractivity contribution in [3.8, 4) is 0 Å². The number of aromatic amines is 1. The van der Waals surface area contributed by atoms with Crippen LogP contribution >= 0.6 is 0 Å². The zero-order chi connectivity index (χ0) is 14.1. The van der Waals surface area contributed by atoms with Gasteiger partial charge < -0.3 is 4.98 Å². The summed E-state index contributed by atoms with van der Waals surface area (Å²) in [4.78, 5) is 15.3. The van der Waals surface area contributed by atoms with Gasteiger partial charge in [-0.15, -0.1) is 0 Å². The number of hydrogen-bond donors (Lipinski definition) is 1. The third-order valence-corrected chi connectivity index (χ3v) is 3.43. The van der Waals surface area contributed by atoms with Gasteiger partial charge in [-0.2, -0.15) is 0 Å². The number of H-pyrrole nitrogens is 1. The van der Waals surface area contributed by atoms with Crippen molar-refractivity contribution in [2.45, 2.75) is 13.3 Å². The molecule has 0 fully saturated rings. The minimum absolute atomic E-state index is 0.0340. The van der Waals surface area contributed by atoms with E-state index in [1.807, 2.05) is 31.2 Å². The lowest BCUT2D eigenvalue weighted by Gasteiger charge is -2.01. The second-order valence-electron chi connectivity index (χ2n) is 4.98. The molecular weight excluding hydrogens is 253 g/mol. The Bertz CT molecular complexity index is 771. The van der Waals surface area contributed by atoms with Crippen molar-refractivity contribution in [3.05, 3.63) is 71.2 Å². The highest BCUT2D eigenvalue weighted by molar-refractivity contribution is 6.08. The fourth-order valence-corrected chi connectivity index (χ4v) is 2.32. The third kappa shape index (κ3) is 2.35. The molecule has 0 unspecified atom stereocenters. The topological polar surface area (TPSA) is 32.9 Å². The van der Waals surface area contributed by atoms with Crippen molar-refractivity contribution in [1.82, 2.24) is 4.98 Å². The molecule has 1 heterocycles. The average molecular weight is 267 g/mol. The maximum atomic E-state index is 13.1. The molecule has 0 saturated carbocycles. The smallest absolute Gasteiger partial charge is 0.169 e. The van der Waals surface area contributed by atoms with Crippen LogP contribution in [0, 0.1) is 12.7 Å². The molecule has 3 rings (SSSR count). The van der Waals surface area contributed by atoms with Crippen molar-refractivity contribution in [2.24, 2.45) is 0 Å². The lowest BCUT2D eigenvalue weighted by atomic mass is 10.0. The molecular formula is C17H14FNO. The number of rotatable bonds is 3. The van der Waals surface area contributed by atoms with Crippen molar-refractivity contribution >= 4 is 16.7 Å². The van der Waals surface area contributed by atoms with Gasteiger partial charge in [0.15, 0.2) is 5.78 Å². The van der Waals surface area contributed by atoms with Gasteiger partial charge in [0.25, 0.3) is 0 Å². The molecule has 1 N–H and O–H groups in total. The first-order valence-corrected chi connectivity index (χ1v) is 6.49. The van der Waals surface area contributed by atoms with E-state index in [9.17, 15) is 9.18 Å². The van der Waals surface area contributed by atoms with Gasteiger partial charge in [-0.05, 0) is 30.7 Å². The zero-order valence-electron chi connectivity index (χ0n) is 11.1. The van der Waals surface area contributed by atoms with Gasteiger partial charge in [0, 0.05) is 29.1 Å². The SMILES string of the molecule is Cc1ccc(CC(=O)c2c[nH]c3cc(F)ccc23)cc1. The Labute approximate surface area is 116 Å². The number of nitrogens with one attached hydrogen (secondary N) is 1. The van der Waals surface area contributed by atoms with E-state index < -0.39 is 0 Å². The molecule has 2 nitrogen and oxygen atoms in total. The number of carbonyl (C=O) groups excluding carboxylic acids is 1. The Kier molecular flexibility index (Phi) is 3.11. The second-order valence-corrected chi connectivity index (χ2v) is 4.98. The summed E-state index contributed by atoms with van der Waals surface area (Å²) in [6.07, 6.45) is 2.01. The summed E-state index contributed by atoms with van der Waals surface area (Å²) in [5.41, 5.74) is 3.42. The molecule has 0 aliphatic rings.